The molecule has 42 heavy (non-hydrogen) atoms. The number of nitrogens with zero attached hydrogens (tertiary/aromatic N) is 2. The van der Waals surface area contributed by atoms with Crippen molar-refractivity contribution in [3.8, 4) is 28.6 Å². The van der Waals surface area contributed by atoms with Crippen molar-refractivity contribution in [2.45, 2.75) is 13.3 Å². The average Bonchev–Trinajstić information content (AvgIpc) is 3.42. The van der Waals surface area contributed by atoms with Gasteiger partial charge in [0, 0.05) is 11.5 Å². The third kappa shape index (κ3) is 5.23. The number of benzene rings is 5. The van der Waals surface area contributed by atoms with Crippen LogP contribution in [0, 0.1) is 4.77 Å². The molecule has 1 heterocycles. The lowest BCUT2D eigenvalue weighted by Crippen LogP contribution is -2.13. The van der Waals surface area contributed by atoms with Crippen LogP contribution in [0.5, 0.6) is 11.5 Å². The van der Waals surface area contributed by atoms with Crippen molar-refractivity contribution in [3.05, 3.63) is 137 Å². The molecule has 0 bridgehead atoms. The molecular weight excluding hydrogens is 546 g/mol. The first-order valence-corrected chi connectivity index (χ1v) is 13.8. The van der Waals surface area contributed by atoms with E-state index in [0.717, 1.165) is 22.0 Å². The third-order valence-electron chi connectivity index (χ3n) is 6.89. The topological polar surface area (TPSA) is 86.2 Å². The number of hydrogen-bond acceptors (Lipinski definition) is 6. The predicted molar refractivity (Wildman–Crippen MR) is 164 cm³/mol. The number of H-pyrrole nitrogens is 1. The lowest BCUT2D eigenvalue weighted by molar-refractivity contribution is 0.0732. The van der Waals surface area contributed by atoms with E-state index in [2.05, 4.69) is 10.2 Å². The molecule has 7 nitrogen and oxygen atoms in total. The van der Waals surface area contributed by atoms with Gasteiger partial charge in [-0.1, -0.05) is 79.7 Å². The number of nitrogens with one attached hydrogen (secondary N) is 1. The first-order chi connectivity index (χ1) is 20.5. The number of aryl methyl sites for hydroxylation is 1. The maximum absolute atomic E-state index is 13.3. The highest BCUT2D eigenvalue weighted by Crippen LogP contribution is 2.38. The molecule has 0 spiro atoms. The van der Waals surface area contributed by atoms with Crippen LogP contribution in [0.25, 0.3) is 27.8 Å². The van der Waals surface area contributed by atoms with Crippen molar-refractivity contribution in [1.82, 2.24) is 14.8 Å². The fourth-order valence-electron chi connectivity index (χ4n) is 4.81. The van der Waals surface area contributed by atoms with E-state index >= 15 is 0 Å². The van der Waals surface area contributed by atoms with Crippen molar-refractivity contribution in [2.75, 3.05) is 0 Å². The summed E-state index contributed by atoms with van der Waals surface area (Å²) in [5, 5.41) is 9.49. The fourth-order valence-corrected chi connectivity index (χ4v) is 5.04. The molecule has 1 aromatic heterocycles. The van der Waals surface area contributed by atoms with E-state index in [1.165, 1.54) is 0 Å². The summed E-state index contributed by atoms with van der Waals surface area (Å²) in [6, 6.07) is 34.7. The minimum absolute atomic E-state index is 0.174. The summed E-state index contributed by atoms with van der Waals surface area (Å²) in [6.07, 6.45) is 0.538. The van der Waals surface area contributed by atoms with Crippen LogP contribution in [0.4, 0.5) is 0 Å². The van der Waals surface area contributed by atoms with Crippen LogP contribution < -0.4 is 9.47 Å². The van der Waals surface area contributed by atoms with E-state index in [1.54, 1.807) is 54.6 Å². The number of carbonyl (C=O) groups is 2. The van der Waals surface area contributed by atoms with Crippen LogP contribution in [0.1, 0.15) is 33.2 Å². The number of ether oxygens (including phenoxy) is 2. The molecule has 0 amide bonds. The minimum Gasteiger partial charge on any atom is -0.422 e. The van der Waals surface area contributed by atoms with Crippen LogP contribution in [0.3, 0.4) is 0 Å². The first kappa shape index (κ1) is 26.9. The van der Waals surface area contributed by atoms with Crippen molar-refractivity contribution >= 4 is 34.9 Å². The van der Waals surface area contributed by atoms with Gasteiger partial charge >= 0.3 is 11.9 Å². The molecule has 5 aromatic carbocycles. The number of fused-ring (bicyclic) bond motifs is 1. The van der Waals surface area contributed by atoms with Gasteiger partial charge in [-0.15, -0.1) is 0 Å². The number of aromatic nitrogens is 3. The van der Waals surface area contributed by atoms with Crippen LogP contribution in [-0.4, -0.2) is 26.7 Å². The molecule has 206 valence electrons. The zero-order valence-corrected chi connectivity index (χ0v) is 23.4. The number of esters is 2. The van der Waals surface area contributed by atoms with E-state index in [1.807, 2.05) is 72.2 Å². The Bertz CT molecular complexity index is 1980. The monoisotopic (exact) mass is 571 g/mol. The Morgan fingerprint density at radius 2 is 1.36 bits per heavy atom. The van der Waals surface area contributed by atoms with Gasteiger partial charge in [-0.2, -0.15) is 5.10 Å². The Morgan fingerprint density at radius 1 is 0.762 bits per heavy atom. The highest BCUT2D eigenvalue weighted by Gasteiger charge is 2.23. The van der Waals surface area contributed by atoms with Gasteiger partial charge < -0.3 is 9.47 Å². The molecule has 6 aromatic rings. The van der Waals surface area contributed by atoms with Crippen molar-refractivity contribution in [1.29, 1.82) is 0 Å². The number of aromatic amines is 1. The Labute approximate surface area is 247 Å². The van der Waals surface area contributed by atoms with Crippen LogP contribution in [0.2, 0.25) is 0 Å². The van der Waals surface area contributed by atoms with Gasteiger partial charge in [0.05, 0.1) is 22.4 Å². The van der Waals surface area contributed by atoms with Crippen molar-refractivity contribution in [2.24, 2.45) is 0 Å². The van der Waals surface area contributed by atoms with E-state index in [0.29, 0.717) is 33.7 Å². The Morgan fingerprint density at radius 3 is 2.02 bits per heavy atom. The van der Waals surface area contributed by atoms with Gasteiger partial charge in [-0.05, 0) is 66.0 Å². The second-order valence-electron chi connectivity index (χ2n) is 9.51. The summed E-state index contributed by atoms with van der Waals surface area (Å²) in [4.78, 5) is 26.3. The second-order valence-corrected chi connectivity index (χ2v) is 9.89. The lowest BCUT2D eigenvalue weighted by Gasteiger charge is -2.17. The maximum Gasteiger partial charge on any atom is 0.343 e. The summed E-state index contributed by atoms with van der Waals surface area (Å²) < 4.78 is 14.0. The Balaban J connectivity index is 1.52. The van der Waals surface area contributed by atoms with Crippen molar-refractivity contribution < 1.29 is 19.1 Å². The van der Waals surface area contributed by atoms with Crippen molar-refractivity contribution in [3.63, 3.8) is 0 Å². The summed E-state index contributed by atoms with van der Waals surface area (Å²) in [5.74, 6) is -0.170. The molecule has 0 saturated heterocycles. The van der Waals surface area contributed by atoms with Gasteiger partial charge in [0.15, 0.2) is 10.6 Å². The first-order valence-electron chi connectivity index (χ1n) is 13.4. The van der Waals surface area contributed by atoms with Gasteiger partial charge in [-0.25, -0.2) is 9.59 Å². The minimum atomic E-state index is -0.563. The molecular formula is C34H25N3O4S. The highest BCUT2D eigenvalue weighted by molar-refractivity contribution is 7.71. The Hall–Kier alpha value is -5.34. The molecule has 0 radical (unpaired) electrons. The molecule has 8 heteroatoms. The van der Waals surface area contributed by atoms with E-state index in [9.17, 15) is 9.59 Å². The second kappa shape index (κ2) is 11.6. The summed E-state index contributed by atoms with van der Waals surface area (Å²) >= 11 is 5.69. The summed E-state index contributed by atoms with van der Waals surface area (Å²) in [6.45, 7) is 1.95. The number of hydrogen-bond donors (Lipinski definition) is 1. The molecule has 0 saturated carbocycles. The lowest BCUT2D eigenvalue weighted by atomic mass is 10.0. The quantitative estimate of drug-likeness (QED) is 0.120. The van der Waals surface area contributed by atoms with Crippen LogP contribution in [0.15, 0.2) is 115 Å². The standard InChI is InChI=1S/C34H25N3O4S/c1-2-22-20-27(31-35-36-34(42)37(31)28-19-11-17-23-12-9-10-18-26(23)28)30(41-33(39)25-15-7-4-8-16-25)21-29(22)40-32(38)24-13-5-3-6-14-24/h3-21H,2H2,1H3,(H,36,42). The van der Waals surface area contributed by atoms with Gasteiger partial charge in [0.2, 0.25) is 0 Å². The summed E-state index contributed by atoms with van der Waals surface area (Å²) in [7, 11) is 0. The largest absolute Gasteiger partial charge is 0.422 e. The zero-order chi connectivity index (χ0) is 29.1. The van der Waals surface area contributed by atoms with E-state index in [4.69, 9.17) is 21.7 Å². The number of rotatable bonds is 7. The molecule has 0 aliphatic rings. The van der Waals surface area contributed by atoms with E-state index < -0.39 is 11.9 Å². The molecule has 0 unspecified atom stereocenters. The SMILES string of the molecule is CCc1cc(-c2n[nH]c(=S)n2-c2cccc3ccccc23)c(OC(=O)c2ccccc2)cc1OC(=O)c1ccccc1. The molecule has 0 aliphatic carbocycles. The zero-order valence-electron chi connectivity index (χ0n) is 22.6. The van der Waals surface area contributed by atoms with Gasteiger partial charge in [0.1, 0.15) is 11.5 Å². The number of carbonyl (C=O) groups excluding carboxylic acids is 2. The average molecular weight is 572 g/mol. The highest BCUT2D eigenvalue weighted by atomic mass is 32.1. The maximum atomic E-state index is 13.3. The molecule has 0 aliphatic heterocycles. The van der Waals surface area contributed by atoms with Gasteiger partial charge in [0.25, 0.3) is 0 Å². The molecule has 6 rings (SSSR count). The summed E-state index contributed by atoms with van der Waals surface area (Å²) in [5.41, 5.74) is 2.84. The van der Waals surface area contributed by atoms with Crippen LogP contribution >= 0.6 is 12.2 Å². The van der Waals surface area contributed by atoms with Gasteiger partial charge in [-0.3, -0.25) is 9.67 Å². The van der Waals surface area contributed by atoms with Crippen LogP contribution in [-0.2, 0) is 6.42 Å². The molecule has 0 fully saturated rings. The third-order valence-corrected chi connectivity index (χ3v) is 7.16. The Kier molecular flexibility index (Phi) is 7.45. The fraction of sp³-hybridized carbons (Fsp3) is 0.0588. The normalized spacial score (nSPS) is 10.9. The van der Waals surface area contributed by atoms with E-state index in [-0.39, 0.29) is 11.5 Å². The molecule has 0 atom stereocenters. The molecule has 1 N–H and O–H groups in total. The predicted octanol–water partition coefficient (Wildman–Crippen LogP) is 7.75. The smallest absolute Gasteiger partial charge is 0.343 e.